The lowest BCUT2D eigenvalue weighted by Gasteiger charge is -2.33. The van der Waals surface area contributed by atoms with E-state index in [2.05, 4.69) is 53.0 Å². The molecule has 2 heterocycles. The third-order valence-corrected chi connectivity index (χ3v) is 5.36. The van der Waals surface area contributed by atoms with Crippen molar-refractivity contribution in [3.63, 3.8) is 0 Å². The van der Waals surface area contributed by atoms with Crippen molar-refractivity contribution >= 4 is 11.7 Å². The molecule has 0 unspecified atom stereocenters. The van der Waals surface area contributed by atoms with Crippen molar-refractivity contribution in [1.82, 2.24) is 14.9 Å². The van der Waals surface area contributed by atoms with E-state index in [-0.39, 0.29) is 11.7 Å². The van der Waals surface area contributed by atoms with E-state index in [0.29, 0.717) is 12.0 Å². The van der Waals surface area contributed by atoms with E-state index in [4.69, 9.17) is 4.98 Å². The number of anilines is 1. The maximum absolute atomic E-state index is 12.6. The maximum Gasteiger partial charge on any atom is 0.225 e. The SMILES string of the molecule is Cc1ccc([C@H]2CC(=O)c3cnc(N4CCN(C)CC4)nc3C2)cc1. The summed E-state index contributed by atoms with van der Waals surface area (Å²) in [5.74, 6) is 1.15. The summed E-state index contributed by atoms with van der Waals surface area (Å²) in [4.78, 5) is 26.4. The van der Waals surface area contributed by atoms with Crippen LogP contribution < -0.4 is 4.90 Å². The van der Waals surface area contributed by atoms with Gasteiger partial charge in [-0.3, -0.25) is 4.79 Å². The number of fused-ring (bicyclic) bond motifs is 1. The van der Waals surface area contributed by atoms with E-state index in [0.717, 1.165) is 44.2 Å². The molecule has 0 saturated carbocycles. The zero-order valence-corrected chi connectivity index (χ0v) is 14.9. The zero-order chi connectivity index (χ0) is 17.4. The normalized spacial score (nSPS) is 21.3. The van der Waals surface area contributed by atoms with Crippen LogP contribution in [0.15, 0.2) is 30.5 Å². The summed E-state index contributed by atoms with van der Waals surface area (Å²) >= 11 is 0. The minimum absolute atomic E-state index is 0.164. The van der Waals surface area contributed by atoms with E-state index < -0.39 is 0 Å². The number of likely N-dealkylation sites (N-methyl/N-ethyl adjacent to an activating group) is 1. The Kier molecular flexibility index (Phi) is 4.25. The molecule has 130 valence electrons. The Morgan fingerprint density at radius 3 is 2.48 bits per heavy atom. The zero-order valence-electron chi connectivity index (χ0n) is 14.9. The lowest BCUT2D eigenvalue weighted by atomic mass is 9.82. The minimum atomic E-state index is 0.164. The Labute approximate surface area is 148 Å². The van der Waals surface area contributed by atoms with Gasteiger partial charge < -0.3 is 9.80 Å². The van der Waals surface area contributed by atoms with Crippen molar-refractivity contribution in [3.05, 3.63) is 52.8 Å². The monoisotopic (exact) mass is 336 g/mol. The Morgan fingerprint density at radius 1 is 1.04 bits per heavy atom. The van der Waals surface area contributed by atoms with Gasteiger partial charge in [0.2, 0.25) is 5.95 Å². The molecule has 0 spiro atoms. The van der Waals surface area contributed by atoms with Crippen molar-refractivity contribution in [1.29, 1.82) is 0 Å². The Balaban J connectivity index is 1.59. The highest BCUT2D eigenvalue weighted by atomic mass is 16.1. The number of rotatable bonds is 2. The number of benzene rings is 1. The molecule has 0 amide bonds. The molecule has 1 atom stereocenters. The molecule has 0 radical (unpaired) electrons. The first-order valence-electron chi connectivity index (χ1n) is 8.99. The first-order chi connectivity index (χ1) is 12.1. The number of aryl methyl sites for hydroxylation is 1. The van der Waals surface area contributed by atoms with Gasteiger partial charge in [-0.25, -0.2) is 9.97 Å². The van der Waals surface area contributed by atoms with E-state index in [1.54, 1.807) is 6.20 Å². The van der Waals surface area contributed by atoms with E-state index in [1.807, 2.05) is 0 Å². The standard InChI is InChI=1S/C20H24N4O/c1-14-3-5-15(6-4-14)16-11-18-17(19(25)12-16)13-21-20(22-18)24-9-7-23(2)8-10-24/h3-6,13,16H,7-12H2,1-2H3/t16-/m1/s1. The molecule has 25 heavy (non-hydrogen) atoms. The summed E-state index contributed by atoms with van der Waals surface area (Å²) < 4.78 is 0. The molecule has 5 nitrogen and oxygen atoms in total. The molecule has 1 saturated heterocycles. The second-order valence-corrected chi connectivity index (χ2v) is 7.26. The smallest absolute Gasteiger partial charge is 0.225 e. The quantitative estimate of drug-likeness (QED) is 0.843. The molecule has 5 heteroatoms. The highest BCUT2D eigenvalue weighted by Crippen LogP contribution is 2.32. The number of piperazine rings is 1. The average molecular weight is 336 g/mol. The van der Waals surface area contributed by atoms with Gasteiger partial charge >= 0.3 is 0 Å². The highest BCUT2D eigenvalue weighted by Gasteiger charge is 2.29. The predicted octanol–water partition coefficient (Wildman–Crippen LogP) is 2.45. The fraction of sp³-hybridized carbons (Fsp3) is 0.450. The number of hydrogen-bond acceptors (Lipinski definition) is 5. The minimum Gasteiger partial charge on any atom is -0.338 e. The lowest BCUT2D eigenvalue weighted by molar-refractivity contribution is 0.0962. The van der Waals surface area contributed by atoms with Crippen molar-refractivity contribution in [2.24, 2.45) is 0 Å². The van der Waals surface area contributed by atoms with Gasteiger partial charge in [0, 0.05) is 38.8 Å². The van der Waals surface area contributed by atoms with Crippen LogP contribution in [0.1, 0.15) is 39.5 Å². The van der Waals surface area contributed by atoms with Crippen LogP contribution >= 0.6 is 0 Å². The van der Waals surface area contributed by atoms with Crippen LogP contribution in [0.25, 0.3) is 0 Å². The molecule has 1 fully saturated rings. The second-order valence-electron chi connectivity index (χ2n) is 7.26. The third kappa shape index (κ3) is 3.29. The van der Waals surface area contributed by atoms with Crippen LogP contribution in [-0.4, -0.2) is 53.9 Å². The molecular weight excluding hydrogens is 312 g/mol. The van der Waals surface area contributed by atoms with Crippen LogP contribution in [0.4, 0.5) is 5.95 Å². The van der Waals surface area contributed by atoms with Crippen LogP contribution in [0.2, 0.25) is 0 Å². The number of aromatic nitrogens is 2. The molecular formula is C20H24N4O. The van der Waals surface area contributed by atoms with Gasteiger partial charge in [0.25, 0.3) is 0 Å². The van der Waals surface area contributed by atoms with E-state index >= 15 is 0 Å². The molecule has 1 aliphatic heterocycles. The summed E-state index contributed by atoms with van der Waals surface area (Å²) in [6, 6.07) is 8.51. The molecule has 0 N–H and O–H groups in total. The summed E-state index contributed by atoms with van der Waals surface area (Å²) in [6.45, 7) is 5.99. The number of carbonyl (C=O) groups is 1. The van der Waals surface area contributed by atoms with Crippen LogP contribution in [0, 0.1) is 6.92 Å². The fourth-order valence-corrected chi connectivity index (χ4v) is 3.67. The molecule has 1 aromatic carbocycles. The Hall–Kier alpha value is -2.27. The molecule has 1 aromatic heterocycles. The summed E-state index contributed by atoms with van der Waals surface area (Å²) in [7, 11) is 2.13. The van der Waals surface area contributed by atoms with Gasteiger partial charge in [0.15, 0.2) is 5.78 Å². The second kappa shape index (κ2) is 6.56. The number of hydrogen-bond donors (Lipinski definition) is 0. The van der Waals surface area contributed by atoms with Gasteiger partial charge in [-0.15, -0.1) is 0 Å². The fourth-order valence-electron chi connectivity index (χ4n) is 3.67. The van der Waals surface area contributed by atoms with Gasteiger partial charge in [-0.05, 0) is 31.9 Å². The van der Waals surface area contributed by atoms with Crippen LogP contribution in [0.5, 0.6) is 0 Å². The van der Waals surface area contributed by atoms with Gasteiger partial charge in [0.05, 0.1) is 11.3 Å². The first-order valence-corrected chi connectivity index (χ1v) is 8.99. The number of nitrogens with zero attached hydrogens (tertiary/aromatic N) is 4. The van der Waals surface area contributed by atoms with Crippen molar-refractivity contribution < 1.29 is 4.79 Å². The average Bonchev–Trinajstić information content (AvgIpc) is 2.62. The molecule has 4 rings (SSSR count). The maximum atomic E-state index is 12.6. The van der Waals surface area contributed by atoms with Gasteiger partial charge in [0.1, 0.15) is 0 Å². The molecule has 0 bridgehead atoms. The molecule has 1 aliphatic carbocycles. The Morgan fingerprint density at radius 2 is 1.76 bits per heavy atom. The van der Waals surface area contributed by atoms with Crippen molar-refractivity contribution in [2.75, 3.05) is 38.1 Å². The first kappa shape index (κ1) is 16.2. The number of ketones is 1. The molecule has 2 aliphatic rings. The summed E-state index contributed by atoms with van der Waals surface area (Å²) in [5.41, 5.74) is 4.09. The van der Waals surface area contributed by atoms with E-state index in [1.165, 1.54) is 11.1 Å². The summed E-state index contributed by atoms with van der Waals surface area (Å²) in [5, 5.41) is 0. The molecule has 2 aromatic rings. The largest absolute Gasteiger partial charge is 0.338 e. The third-order valence-electron chi connectivity index (χ3n) is 5.36. The van der Waals surface area contributed by atoms with Gasteiger partial charge in [-0.2, -0.15) is 0 Å². The number of Topliss-reactive ketones (excluding diaryl/α,β-unsaturated/α-hetero) is 1. The van der Waals surface area contributed by atoms with Crippen molar-refractivity contribution in [3.8, 4) is 0 Å². The lowest BCUT2D eigenvalue weighted by Crippen LogP contribution is -2.45. The van der Waals surface area contributed by atoms with Gasteiger partial charge in [-0.1, -0.05) is 29.8 Å². The number of carbonyl (C=O) groups excluding carboxylic acids is 1. The Bertz CT molecular complexity index is 779. The summed E-state index contributed by atoms with van der Waals surface area (Å²) in [6.07, 6.45) is 3.10. The van der Waals surface area contributed by atoms with Crippen molar-refractivity contribution in [2.45, 2.75) is 25.7 Å². The van der Waals surface area contributed by atoms with Crippen LogP contribution in [-0.2, 0) is 6.42 Å². The van der Waals surface area contributed by atoms with E-state index in [9.17, 15) is 4.79 Å². The van der Waals surface area contributed by atoms with Crippen LogP contribution in [0.3, 0.4) is 0 Å². The topological polar surface area (TPSA) is 49.3 Å². The highest BCUT2D eigenvalue weighted by molar-refractivity contribution is 5.98. The predicted molar refractivity (Wildman–Crippen MR) is 98.3 cm³/mol.